The predicted molar refractivity (Wildman–Crippen MR) is 84.2 cm³/mol. The van der Waals surface area contributed by atoms with Crippen molar-refractivity contribution in [3.63, 3.8) is 0 Å². The third kappa shape index (κ3) is 2.83. The zero-order chi connectivity index (χ0) is 15.7. The number of carbonyl (C=O) groups is 1. The maximum Gasteiger partial charge on any atom is 0.228 e. The number of fused-ring (bicyclic) bond motifs is 1. The number of hydrogen-bond donors (Lipinski definition) is 1. The molecule has 0 fully saturated rings. The van der Waals surface area contributed by atoms with Gasteiger partial charge in [0.25, 0.3) is 0 Å². The highest BCUT2D eigenvalue weighted by Crippen LogP contribution is 2.19. The number of nitrogens with zero attached hydrogens (tertiary/aromatic N) is 2. The summed E-state index contributed by atoms with van der Waals surface area (Å²) in [7, 11) is 1.96. The molecule has 4 nitrogen and oxygen atoms in total. The molecule has 1 heterocycles. The number of aryl methyl sites for hydroxylation is 2. The van der Waals surface area contributed by atoms with Gasteiger partial charge >= 0.3 is 0 Å². The lowest BCUT2D eigenvalue weighted by Crippen LogP contribution is -2.14. The number of anilines is 1. The van der Waals surface area contributed by atoms with Crippen LogP contribution in [0.4, 0.5) is 10.1 Å². The number of imidazole rings is 1. The van der Waals surface area contributed by atoms with Crippen molar-refractivity contribution >= 4 is 22.6 Å². The molecule has 0 unspecified atom stereocenters. The van der Waals surface area contributed by atoms with Crippen molar-refractivity contribution in [3.05, 3.63) is 59.7 Å². The fraction of sp³-hybridized carbons (Fsp3) is 0.176. The van der Waals surface area contributed by atoms with Crippen molar-refractivity contribution in [2.24, 2.45) is 7.05 Å². The zero-order valence-electron chi connectivity index (χ0n) is 12.4. The van der Waals surface area contributed by atoms with E-state index >= 15 is 0 Å². The van der Waals surface area contributed by atoms with Gasteiger partial charge in [0.2, 0.25) is 5.91 Å². The van der Waals surface area contributed by atoms with Crippen molar-refractivity contribution in [1.82, 2.24) is 9.55 Å². The second kappa shape index (κ2) is 5.60. The summed E-state index contributed by atoms with van der Waals surface area (Å²) in [6.45, 7) is 1.94. The van der Waals surface area contributed by atoms with Gasteiger partial charge in [-0.25, -0.2) is 9.37 Å². The van der Waals surface area contributed by atoms with E-state index < -0.39 is 0 Å². The highest BCUT2D eigenvalue weighted by molar-refractivity contribution is 5.94. The van der Waals surface area contributed by atoms with Gasteiger partial charge in [-0.05, 0) is 42.8 Å². The van der Waals surface area contributed by atoms with Crippen molar-refractivity contribution in [1.29, 1.82) is 0 Å². The smallest absolute Gasteiger partial charge is 0.228 e. The lowest BCUT2D eigenvalue weighted by atomic mass is 10.1. The van der Waals surface area contributed by atoms with E-state index in [-0.39, 0.29) is 18.1 Å². The molecule has 0 aliphatic rings. The number of rotatable bonds is 3. The number of carbonyl (C=O) groups excluding carboxylic acids is 1. The molecule has 3 rings (SSSR count). The van der Waals surface area contributed by atoms with Crippen molar-refractivity contribution in [2.75, 3.05) is 5.32 Å². The third-order valence-corrected chi connectivity index (χ3v) is 3.67. The van der Waals surface area contributed by atoms with Crippen LogP contribution in [-0.2, 0) is 18.3 Å². The van der Waals surface area contributed by atoms with Crippen LogP contribution in [0.3, 0.4) is 0 Å². The molecule has 1 amide bonds. The molecule has 0 aliphatic carbocycles. The normalized spacial score (nSPS) is 10.9. The van der Waals surface area contributed by atoms with Gasteiger partial charge in [-0.3, -0.25) is 4.79 Å². The standard InChI is InChI=1S/C17H16FN3O/c1-11-19-15-10-14(7-8-16(15)21(11)2)20-17(22)9-12-3-5-13(18)6-4-12/h3-8,10H,9H2,1-2H3,(H,20,22). The summed E-state index contributed by atoms with van der Waals surface area (Å²) in [4.78, 5) is 16.5. The molecule has 0 spiro atoms. The van der Waals surface area contributed by atoms with Crippen LogP contribution in [0.5, 0.6) is 0 Å². The lowest BCUT2D eigenvalue weighted by Gasteiger charge is -2.06. The number of hydrogen-bond acceptors (Lipinski definition) is 2. The Morgan fingerprint density at radius 1 is 1.23 bits per heavy atom. The van der Waals surface area contributed by atoms with Gasteiger partial charge in [0.05, 0.1) is 17.5 Å². The molecule has 3 aromatic rings. The molecule has 5 heteroatoms. The Bertz CT molecular complexity index is 837. The Labute approximate surface area is 127 Å². The molecule has 0 saturated heterocycles. The molecule has 0 atom stereocenters. The Hall–Kier alpha value is -2.69. The Morgan fingerprint density at radius 3 is 2.68 bits per heavy atom. The number of nitrogens with one attached hydrogen (secondary N) is 1. The Balaban J connectivity index is 1.74. The van der Waals surface area contributed by atoms with Gasteiger partial charge in [0, 0.05) is 12.7 Å². The quantitative estimate of drug-likeness (QED) is 0.807. The second-order valence-corrected chi connectivity index (χ2v) is 5.27. The fourth-order valence-electron chi connectivity index (χ4n) is 2.39. The first kappa shape index (κ1) is 14.3. The van der Waals surface area contributed by atoms with Gasteiger partial charge < -0.3 is 9.88 Å². The Morgan fingerprint density at radius 2 is 1.95 bits per heavy atom. The van der Waals surface area contributed by atoms with Crippen LogP contribution in [0.1, 0.15) is 11.4 Å². The van der Waals surface area contributed by atoms with Gasteiger partial charge in [0.15, 0.2) is 0 Å². The SMILES string of the molecule is Cc1nc2cc(NC(=O)Cc3ccc(F)cc3)ccc2n1C. The van der Waals surface area contributed by atoms with Gasteiger partial charge in [0.1, 0.15) is 11.6 Å². The molecular formula is C17H16FN3O. The van der Waals surface area contributed by atoms with E-state index in [0.717, 1.165) is 22.4 Å². The van der Waals surface area contributed by atoms with E-state index in [2.05, 4.69) is 10.3 Å². The van der Waals surface area contributed by atoms with Crippen LogP contribution < -0.4 is 5.32 Å². The van der Waals surface area contributed by atoms with Crippen molar-refractivity contribution < 1.29 is 9.18 Å². The monoisotopic (exact) mass is 297 g/mol. The zero-order valence-corrected chi connectivity index (χ0v) is 12.4. The average Bonchev–Trinajstić information content (AvgIpc) is 2.76. The first-order chi connectivity index (χ1) is 10.5. The summed E-state index contributed by atoms with van der Waals surface area (Å²) < 4.78 is 14.8. The molecule has 1 N–H and O–H groups in total. The largest absolute Gasteiger partial charge is 0.331 e. The van der Waals surface area contributed by atoms with E-state index in [9.17, 15) is 9.18 Å². The minimum atomic E-state index is -0.305. The van der Waals surface area contributed by atoms with Crippen LogP contribution in [0.25, 0.3) is 11.0 Å². The lowest BCUT2D eigenvalue weighted by molar-refractivity contribution is -0.115. The van der Waals surface area contributed by atoms with Crippen LogP contribution >= 0.6 is 0 Å². The van der Waals surface area contributed by atoms with Gasteiger partial charge in [-0.1, -0.05) is 12.1 Å². The van der Waals surface area contributed by atoms with Gasteiger partial charge in [-0.15, -0.1) is 0 Å². The number of benzene rings is 2. The molecular weight excluding hydrogens is 281 g/mol. The molecule has 0 radical (unpaired) electrons. The minimum Gasteiger partial charge on any atom is -0.331 e. The maximum atomic E-state index is 12.8. The van der Waals surface area contributed by atoms with E-state index in [1.807, 2.05) is 36.7 Å². The first-order valence-electron chi connectivity index (χ1n) is 7.00. The summed E-state index contributed by atoms with van der Waals surface area (Å²) >= 11 is 0. The van der Waals surface area contributed by atoms with Crippen LogP contribution in [0.15, 0.2) is 42.5 Å². The first-order valence-corrected chi connectivity index (χ1v) is 7.00. The molecule has 22 heavy (non-hydrogen) atoms. The molecule has 1 aromatic heterocycles. The fourth-order valence-corrected chi connectivity index (χ4v) is 2.39. The molecule has 0 aliphatic heterocycles. The van der Waals surface area contributed by atoms with E-state index in [1.165, 1.54) is 12.1 Å². The van der Waals surface area contributed by atoms with Crippen molar-refractivity contribution in [2.45, 2.75) is 13.3 Å². The molecule has 0 saturated carbocycles. The summed E-state index contributed by atoms with van der Waals surface area (Å²) in [5.41, 5.74) is 3.35. The van der Waals surface area contributed by atoms with Crippen LogP contribution in [0, 0.1) is 12.7 Å². The molecule has 112 valence electrons. The summed E-state index contributed by atoms with van der Waals surface area (Å²) in [5.74, 6) is 0.475. The molecule has 2 aromatic carbocycles. The van der Waals surface area contributed by atoms with Crippen LogP contribution in [-0.4, -0.2) is 15.5 Å². The topological polar surface area (TPSA) is 46.9 Å². The summed E-state index contributed by atoms with van der Waals surface area (Å²) in [5, 5.41) is 2.84. The number of aromatic nitrogens is 2. The number of halogens is 1. The molecule has 0 bridgehead atoms. The van der Waals surface area contributed by atoms with E-state index in [0.29, 0.717) is 5.69 Å². The highest BCUT2D eigenvalue weighted by Gasteiger charge is 2.08. The third-order valence-electron chi connectivity index (χ3n) is 3.67. The van der Waals surface area contributed by atoms with Gasteiger partial charge in [-0.2, -0.15) is 0 Å². The predicted octanol–water partition coefficient (Wildman–Crippen LogP) is 3.20. The Kier molecular flexibility index (Phi) is 3.63. The highest BCUT2D eigenvalue weighted by atomic mass is 19.1. The van der Waals surface area contributed by atoms with Crippen molar-refractivity contribution in [3.8, 4) is 0 Å². The second-order valence-electron chi connectivity index (χ2n) is 5.27. The maximum absolute atomic E-state index is 12.8. The van der Waals surface area contributed by atoms with E-state index in [4.69, 9.17) is 0 Å². The summed E-state index contributed by atoms with van der Waals surface area (Å²) in [6, 6.07) is 11.6. The minimum absolute atomic E-state index is 0.140. The van der Waals surface area contributed by atoms with Crippen LogP contribution in [0.2, 0.25) is 0 Å². The summed E-state index contributed by atoms with van der Waals surface area (Å²) in [6.07, 6.45) is 0.208. The average molecular weight is 297 g/mol. The van der Waals surface area contributed by atoms with E-state index in [1.54, 1.807) is 12.1 Å². The number of amides is 1.